The van der Waals surface area contributed by atoms with Crippen LogP contribution in [-0.4, -0.2) is 36.7 Å². The van der Waals surface area contributed by atoms with Crippen molar-refractivity contribution in [3.05, 3.63) is 89.6 Å². The smallest absolute Gasteiger partial charge is 0.191 e. The Morgan fingerprint density at radius 3 is 2.39 bits per heavy atom. The van der Waals surface area contributed by atoms with E-state index in [4.69, 9.17) is 9.47 Å². The van der Waals surface area contributed by atoms with Crippen LogP contribution in [-0.2, 0) is 6.42 Å². The number of aliphatic hydroxyl groups is 1. The second kappa shape index (κ2) is 10.2. The molecular weight excluding hydrogens is 416 g/mol. The van der Waals surface area contributed by atoms with E-state index in [2.05, 4.69) is 10.3 Å². The van der Waals surface area contributed by atoms with E-state index in [0.717, 1.165) is 34.1 Å². The molecule has 170 valence electrons. The van der Waals surface area contributed by atoms with Gasteiger partial charge < -0.3 is 24.9 Å². The Morgan fingerprint density at radius 1 is 1.00 bits per heavy atom. The number of fused-ring (bicyclic) bond motifs is 1. The Hall–Kier alpha value is -3.77. The van der Waals surface area contributed by atoms with Gasteiger partial charge in [0.1, 0.15) is 17.5 Å². The van der Waals surface area contributed by atoms with E-state index in [-0.39, 0.29) is 12.4 Å². The molecule has 33 heavy (non-hydrogen) atoms. The number of aromatic amines is 1. The standard InChI is InChI=1S/C27H28N2O4/c1-32-21-14-20(15-22(16-21)33-2)29-26(19-8-4-3-5-9-19)27(31)24-17-28-25-11-10-18(7-6-12-30)13-23(24)25/h3-5,8-11,13-17,26,28-30H,6-7,12H2,1-2H3. The number of Topliss-reactive ketones (excluding diaryl/α,β-unsaturated/α-hetero) is 1. The maximum Gasteiger partial charge on any atom is 0.191 e. The van der Waals surface area contributed by atoms with Crippen LogP contribution in [0.4, 0.5) is 5.69 Å². The summed E-state index contributed by atoms with van der Waals surface area (Å²) in [6.07, 6.45) is 3.22. The normalized spacial score (nSPS) is 11.8. The van der Waals surface area contributed by atoms with E-state index in [1.54, 1.807) is 26.5 Å². The zero-order valence-corrected chi connectivity index (χ0v) is 18.8. The van der Waals surface area contributed by atoms with Crippen LogP contribution in [0, 0.1) is 0 Å². The molecule has 0 radical (unpaired) electrons. The summed E-state index contributed by atoms with van der Waals surface area (Å²) in [6.45, 7) is 0.140. The van der Waals surface area contributed by atoms with Crippen LogP contribution >= 0.6 is 0 Å². The van der Waals surface area contributed by atoms with E-state index < -0.39 is 6.04 Å². The minimum absolute atomic E-state index is 0.0476. The highest BCUT2D eigenvalue weighted by Crippen LogP contribution is 2.32. The summed E-state index contributed by atoms with van der Waals surface area (Å²) in [5.74, 6) is 1.22. The molecule has 3 aromatic carbocycles. The Balaban J connectivity index is 1.74. The molecule has 1 heterocycles. The van der Waals surface area contributed by atoms with Crippen LogP contribution in [0.2, 0.25) is 0 Å². The third-order valence-corrected chi connectivity index (χ3v) is 5.69. The van der Waals surface area contributed by atoms with Gasteiger partial charge in [-0.15, -0.1) is 0 Å². The quantitative estimate of drug-likeness (QED) is 0.295. The molecule has 0 saturated carbocycles. The van der Waals surface area contributed by atoms with Crippen molar-refractivity contribution in [2.24, 2.45) is 0 Å². The van der Waals surface area contributed by atoms with Gasteiger partial charge in [-0.25, -0.2) is 0 Å². The SMILES string of the molecule is COc1cc(NC(C(=O)c2c[nH]c3ccc(CCCO)cc23)c2ccccc2)cc(OC)c1. The van der Waals surface area contributed by atoms with E-state index in [1.165, 1.54) is 0 Å². The lowest BCUT2D eigenvalue weighted by atomic mass is 9.95. The number of hydrogen-bond acceptors (Lipinski definition) is 5. The Morgan fingerprint density at radius 2 is 1.73 bits per heavy atom. The van der Waals surface area contributed by atoms with Gasteiger partial charge in [-0.2, -0.15) is 0 Å². The van der Waals surface area contributed by atoms with Gasteiger partial charge in [-0.1, -0.05) is 36.4 Å². The lowest BCUT2D eigenvalue weighted by Crippen LogP contribution is -2.21. The van der Waals surface area contributed by atoms with Crippen molar-refractivity contribution in [1.82, 2.24) is 4.98 Å². The van der Waals surface area contributed by atoms with Crippen molar-refractivity contribution in [2.75, 3.05) is 26.1 Å². The molecule has 0 fully saturated rings. The third kappa shape index (κ3) is 5.02. The van der Waals surface area contributed by atoms with Gasteiger partial charge in [0.25, 0.3) is 0 Å². The molecule has 0 spiro atoms. The second-order valence-corrected chi connectivity index (χ2v) is 7.86. The first-order chi connectivity index (χ1) is 16.1. The minimum Gasteiger partial charge on any atom is -0.497 e. The number of ketones is 1. The molecule has 6 nitrogen and oxygen atoms in total. The predicted octanol–water partition coefficient (Wildman–Crippen LogP) is 5.15. The number of methoxy groups -OCH3 is 2. The predicted molar refractivity (Wildman–Crippen MR) is 130 cm³/mol. The summed E-state index contributed by atoms with van der Waals surface area (Å²) in [6, 6.07) is 20.6. The summed E-state index contributed by atoms with van der Waals surface area (Å²) in [5, 5.41) is 13.4. The summed E-state index contributed by atoms with van der Waals surface area (Å²) >= 11 is 0. The molecular formula is C27H28N2O4. The number of aliphatic hydroxyl groups excluding tert-OH is 1. The minimum atomic E-state index is -0.608. The van der Waals surface area contributed by atoms with E-state index >= 15 is 0 Å². The van der Waals surface area contributed by atoms with Crippen molar-refractivity contribution in [3.63, 3.8) is 0 Å². The van der Waals surface area contributed by atoms with Crippen molar-refractivity contribution in [2.45, 2.75) is 18.9 Å². The summed E-state index contributed by atoms with van der Waals surface area (Å²) in [7, 11) is 3.19. The second-order valence-electron chi connectivity index (χ2n) is 7.86. The van der Waals surface area contributed by atoms with E-state index in [1.807, 2.05) is 60.7 Å². The van der Waals surface area contributed by atoms with E-state index in [9.17, 15) is 9.90 Å². The molecule has 0 aliphatic rings. The topological polar surface area (TPSA) is 83.6 Å². The third-order valence-electron chi connectivity index (χ3n) is 5.69. The highest BCUT2D eigenvalue weighted by molar-refractivity contribution is 6.11. The van der Waals surface area contributed by atoms with Crippen molar-refractivity contribution in [1.29, 1.82) is 0 Å². The summed E-state index contributed by atoms with van der Waals surface area (Å²) in [5.41, 5.74) is 4.19. The number of benzene rings is 3. The van der Waals surface area contributed by atoms with E-state index in [0.29, 0.717) is 23.5 Å². The van der Waals surface area contributed by atoms with Crippen LogP contribution in [0.15, 0.2) is 72.9 Å². The molecule has 0 aliphatic heterocycles. The average molecular weight is 445 g/mol. The number of rotatable bonds is 10. The van der Waals surface area contributed by atoms with Crippen LogP contribution < -0.4 is 14.8 Å². The van der Waals surface area contributed by atoms with Gasteiger partial charge in [0, 0.05) is 53.2 Å². The van der Waals surface area contributed by atoms with Gasteiger partial charge in [0.05, 0.1) is 14.2 Å². The first-order valence-electron chi connectivity index (χ1n) is 10.9. The number of anilines is 1. The maximum atomic E-state index is 13.9. The summed E-state index contributed by atoms with van der Waals surface area (Å²) in [4.78, 5) is 17.1. The molecule has 1 aromatic heterocycles. The summed E-state index contributed by atoms with van der Waals surface area (Å²) < 4.78 is 10.8. The number of ether oxygens (including phenoxy) is 2. The van der Waals surface area contributed by atoms with Gasteiger partial charge in [-0.3, -0.25) is 4.79 Å². The van der Waals surface area contributed by atoms with Crippen molar-refractivity contribution in [3.8, 4) is 11.5 Å². The zero-order valence-electron chi connectivity index (χ0n) is 18.8. The van der Waals surface area contributed by atoms with Crippen LogP contribution in [0.1, 0.15) is 33.9 Å². The van der Waals surface area contributed by atoms with Gasteiger partial charge in [0.2, 0.25) is 0 Å². The van der Waals surface area contributed by atoms with Crippen LogP contribution in [0.25, 0.3) is 10.9 Å². The highest BCUT2D eigenvalue weighted by Gasteiger charge is 2.25. The number of aromatic nitrogens is 1. The molecule has 4 rings (SSSR count). The Bertz CT molecular complexity index is 1210. The molecule has 0 bridgehead atoms. The fourth-order valence-electron chi connectivity index (χ4n) is 3.97. The molecule has 4 aromatic rings. The lowest BCUT2D eigenvalue weighted by molar-refractivity contribution is 0.0971. The first kappa shape index (κ1) is 22.4. The number of hydrogen-bond donors (Lipinski definition) is 3. The number of nitrogens with one attached hydrogen (secondary N) is 2. The van der Waals surface area contributed by atoms with Crippen molar-refractivity contribution >= 4 is 22.4 Å². The number of carbonyl (C=O) groups excluding carboxylic acids is 1. The highest BCUT2D eigenvalue weighted by atomic mass is 16.5. The average Bonchev–Trinajstić information content (AvgIpc) is 3.29. The fraction of sp³-hybridized carbons (Fsp3) is 0.222. The van der Waals surface area contributed by atoms with Gasteiger partial charge in [-0.05, 0) is 36.1 Å². The Labute approximate surface area is 193 Å². The molecule has 1 unspecified atom stereocenters. The largest absolute Gasteiger partial charge is 0.497 e. The Kier molecular flexibility index (Phi) is 6.95. The molecule has 1 atom stereocenters. The molecule has 0 aliphatic carbocycles. The molecule has 0 saturated heterocycles. The first-order valence-corrected chi connectivity index (χ1v) is 10.9. The number of carbonyl (C=O) groups is 1. The molecule has 6 heteroatoms. The van der Waals surface area contributed by atoms with Crippen LogP contribution in [0.3, 0.4) is 0 Å². The number of H-pyrrole nitrogens is 1. The fourth-order valence-corrected chi connectivity index (χ4v) is 3.97. The molecule has 3 N–H and O–H groups in total. The maximum absolute atomic E-state index is 13.9. The van der Waals surface area contributed by atoms with Gasteiger partial charge >= 0.3 is 0 Å². The van der Waals surface area contributed by atoms with Crippen LogP contribution in [0.5, 0.6) is 11.5 Å². The number of aryl methyl sites for hydroxylation is 1. The van der Waals surface area contributed by atoms with Crippen molar-refractivity contribution < 1.29 is 19.4 Å². The molecule has 0 amide bonds. The lowest BCUT2D eigenvalue weighted by Gasteiger charge is -2.20. The zero-order chi connectivity index (χ0) is 23.2. The van der Waals surface area contributed by atoms with Gasteiger partial charge in [0.15, 0.2) is 5.78 Å². The monoisotopic (exact) mass is 444 g/mol.